The summed E-state index contributed by atoms with van der Waals surface area (Å²) in [4.78, 5) is 8.86. The number of aliphatic imine (C=N–C) groups is 2. The van der Waals surface area contributed by atoms with E-state index in [1.165, 1.54) is 0 Å². The lowest BCUT2D eigenvalue weighted by molar-refractivity contribution is 0.470. The summed E-state index contributed by atoms with van der Waals surface area (Å²) < 4.78 is 0. The van der Waals surface area contributed by atoms with E-state index in [-0.39, 0.29) is 11.5 Å². The van der Waals surface area contributed by atoms with E-state index in [0.29, 0.717) is 24.2 Å². The van der Waals surface area contributed by atoms with Gasteiger partial charge in [-0.05, 0) is 70.5 Å². The molecule has 0 aliphatic carbocycles. The number of hydrogen-bond acceptors (Lipinski definition) is 4. The van der Waals surface area contributed by atoms with Crippen molar-refractivity contribution in [2.24, 2.45) is 9.98 Å². The summed E-state index contributed by atoms with van der Waals surface area (Å²) in [6, 6.07) is 23.9. The molecule has 38 heavy (non-hydrogen) atoms. The molecule has 4 aromatic carbocycles. The standard InChI is InChI=1S/C34H32N2O2/c1-5-25-7-11-27(12-8-25)31-17-15-29(33(37)23(31)3)21-35-19-20-36-22-30-16-18-32(24(4)34(30)38)28-13-9-26(6-2)10-14-28/h5-18,21-22,37-38H,1-2,19-20H2,3-4H3. The third kappa shape index (κ3) is 5.81. The molecule has 0 atom stereocenters. The summed E-state index contributed by atoms with van der Waals surface area (Å²) in [6.45, 7) is 12.3. The smallest absolute Gasteiger partial charge is 0.127 e. The minimum Gasteiger partial charge on any atom is -0.507 e. The second kappa shape index (κ2) is 12.0. The molecule has 0 saturated carbocycles. The normalized spacial score (nSPS) is 11.3. The van der Waals surface area contributed by atoms with Crippen LogP contribution in [0.3, 0.4) is 0 Å². The molecule has 0 fully saturated rings. The van der Waals surface area contributed by atoms with Gasteiger partial charge >= 0.3 is 0 Å². The van der Waals surface area contributed by atoms with Gasteiger partial charge in [-0.15, -0.1) is 0 Å². The number of benzene rings is 4. The van der Waals surface area contributed by atoms with Crippen LogP contribution < -0.4 is 0 Å². The topological polar surface area (TPSA) is 65.2 Å². The first-order valence-electron chi connectivity index (χ1n) is 12.5. The quantitative estimate of drug-likeness (QED) is 0.181. The number of rotatable bonds is 9. The van der Waals surface area contributed by atoms with E-state index in [9.17, 15) is 10.2 Å². The Morgan fingerprint density at radius 3 is 1.29 bits per heavy atom. The monoisotopic (exact) mass is 500 g/mol. The predicted octanol–water partition coefficient (Wildman–Crippen LogP) is 7.87. The lowest BCUT2D eigenvalue weighted by atomic mass is 9.96. The van der Waals surface area contributed by atoms with Crippen molar-refractivity contribution in [3.63, 3.8) is 0 Å². The second-order valence-corrected chi connectivity index (χ2v) is 9.07. The summed E-state index contributed by atoms with van der Waals surface area (Å²) >= 11 is 0. The van der Waals surface area contributed by atoms with Crippen molar-refractivity contribution in [1.82, 2.24) is 0 Å². The van der Waals surface area contributed by atoms with Crippen LogP contribution in [0.4, 0.5) is 0 Å². The van der Waals surface area contributed by atoms with Crippen LogP contribution in [0.15, 0.2) is 95.9 Å². The van der Waals surface area contributed by atoms with Gasteiger partial charge in [0, 0.05) is 23.6 Å². The summed E-state index contributed by atoms with van der Waals surface area (Å²) in [5.41, 5.74) is 9.11. The Hall–Kier alpha value is -4.70. The van der Waals surface area contributed by atoms with Crippen LogP contribution in [0.2, 0.25) is 0 Å². The third-order valence-corrected chi connectivity index (χ3v) is 6.66. The highest BCUT2D eigenvalue weighted by atomic mass is 16.3. The van der Waals surface area contributed by atoms with Crippen LogP contribution in [-0.2, 0) is 0 Å². The average molecular weight is 501 g/mol. The molecule has 0 unspecified atom stereocenters. The Balaban J connectivity index is 1.38. The zero-order valence-corrected chi connectivity index (χ0v) is 21.9. The van der Waals surface area contributed by atoms with Crippen LogP contribution >= 0.6 is 0 Å². The van der Waals surface area contributed by atoms with Crippen LogP contribution in [-0.4, -0.2) is 35.7 Å². The molecule has 4 heteroatoms. The van der Waals surface area contributed by atoms with E-state index in [2.05, 4.69) is 23.1 Å². The summed E-state index contributed by atoms with van der Waals surface area (Å²) in [5.74, 6) is 0.448. The molecule has 4 rings (SSSR count). The third-order valence-electron chi connectivity index (χ3n) is 6.66. The van der Waals surface area contributed by atoms with E-state index in [4.69, 9.17) is 0 Å². The van der Waals surface area contributed by atoms with E-state index in [1.807, 2.05) is 98.8 Å². The summed E-state index contributed by atoms with van der Waals surface area (Å²) in [7, 11) is 0. The fourth-order valence-electron chi connectivity index (χ4n) is 4.31. The first-order chi connectivity index (χ1) is 18.4. The molecular weight excluding hydrogens is 468 g/mol. The molecule has 0 saturated heterocycles. The highest BCUT2D eigenvalue weighted by molar-refractivity contribution is 5.88. The van der Waals surface area contributed by atoms with Crippen LogP contribution in [0.5, 0.6) is 11.5 Å². The fraction of sp³-hybridized carbons (Fsp3) is 0.118. The Morgan fingerprint density at radius 2 is 0.947 bits per heavy atom. The largest absolute Gasteiger partial charge is 0.507 e. The zero-order valence-electron chi connectivity index (χ0n) is 21.9. The Kier molecular flexibility index (Phi) is 8.34. The number of phenolic OH excluding ortho intramolecular Hbond substituents is 2. The van der Waals surface area contributed by atoms with Crippen molar-refractivity contribution in [3.05, 3.63) is 119 Å². The first-order valence-corrected chi connectivity index (χ1v) is 12.5. The molecule has 0 bridgehead atoms. The number of aromatic hydroxyl groups is 2. The van der Waals surface area contributed by atoms with E-state index >= 15 is 0 Å². The van der Waals surface area contributed by atoms with Gasteiger partial charge in [0.05, 0.1) is 13.1 Å². The van der Waals surface area contributed by atoms with Crippen LogP contribution in [0, 0.1) is 13.8 Å². The van der Waals surface area contributed by atoms with Gasteiger partial charge in [0.2, 0.25) is 0 Å². The van der Waals surface area contributed by atoms with E-state index in [0.717, 1.165) is 44.5 Å². The summed E-state index contributed by atoms with van der Waals surface area (Å²) in [6.07, 6.45) is 6.97. The molecule has 0 aromatic heterocycles. The van der Waals surface area contributed by atoms with Gasteiger partial charge in [-0.3, -0.25) is 9.98 Å². The SMILES string of the molecule is C=Cc1ccc(-c2ccc(C=NCCN=Cc3ccc(-c4ccc(C=C)cc4)c(C)c3O)c(O)c2C)cc1. The number of nitrogens with zero attached hydrogens (tertiary/aromatic N) is 2. The Bertz CT molecular complexity index is 1400. The lowest BCUT2D eigenvalue weighted by Gasteiger charge is -2.11. The Morgan fingerprint density at radius 1 is 0.579 bits per heavy atom. The van der Waals surface area contributed by atoms with E-state index < -0.39 is 0 Å². The van der Waals surface area contributed by atoms with Gasteiger partial charge in [0.1, 0.15) is 11.5 Å². The van der Waals surface area contributed by atoms with E-state index in [1.54, 1.807) is 12.4 Å². The highest BCUT2D eigenvalue weighted by Crippen LogP contribution is 2.33. The number of phenols is 2. The van der Waals surface area contributed by atoms with Crippen molar-refractivity contribution in [1.29, 1.82) is 0 Å². The van der Waals surface area contributed by atoms with Crippen molar-refractivity contribution in [2.75, 3.05) is 13.1 Å². The maximum absolute atomic E-state index is 10.7. The van der Waals surface area contributed by atoms with Crippen LogP contribution in [0.25, 0.3) is 34.4 Å². The van der Waals surface area contributed by atoms with Gasteiger partial charge in [0.15, 0.2) is 0 Å². The molecule has 0 aliphatic rings. The average Bonchev–Trinajstić information content (AvgIpc) is 2.95. The minimum atomic E-state index is 0.224. The van der Waals surface area contributed by atoms with Gasteiger partial charge < -0.3 is 10.2 Å². The van der Waals surface area contributed by atoms with Crippen molar-refractivity contribution >= 4 is 24.6 Å². The van der Waals surface area contributed by atoms with Gasteiger partial charge in [-0.25, -0.2) is 0 Å². The molecule has 0 aliphatic heterocycles. The molecule has 2 N–H and O–H groups in total. The second-order valence-electron chi connectivity index (χ2n) is 9.07. The molecule has 190 valence electrons. The summed E-state index contributed by atoms with van der Waals surface area (Å²) in [5, 5.41) is 21.4. The molecule has 0 heterocycles. The molecule has 0 amide bonds. The van der Waals surface area contributed by atoms with Gasteiger partial charge in [-0.1, -0.05) is 86.0 Å². The van der Waals surface area contributed by atoms with Gasteiger partial charge in [0.25, 0.3) is 0 Å². The molecule has 0 radical (unpaired) electrons. The first kappa shape index (κ1) is 26.4. The highest BCUT2D eigenvalue weighted by Gasteiger charge is 2.10. The maximum atomic E-state index is 10.7. The minimum absolute atomic E-state index is 0.224. The van der Waals surface area contributed by atoms with Crippen molar-refractivity contribution in [3.8, 4) is 33.8 Å². The lowest BCUT2D eigenvalue weighted by Crippen LogP contribution is -1.94. The van der Waals surface area contributed by atoms with Gasteiger partial charge in [-0.2, -0.15) is 0 Å². The van der Waals surface area contributed by atoms with Crippen molar-refractivity contribution in [2.45, 2.75) is 13.8 Å². The fourth-order valence-corrected chi connectivity index (χ4v) is 4.31. The van der Waals surface area contributed by atoms with Crippen LogP contribution in [0.1, 0.15) is 33.4 Å². The molecule has 0 spiro atoms. The molecule has 4 nitrogen and oxygen atoms in total. The Labute approximate surface area is 224 Å². The molecule has 4 aromatic rings. The zero-order chi connectivity index (χ0) is 27.1. The predicted molar refractivity (Wildman–Crippen MR) is 162 cm³/mol. The maximum Gasteiger partial charge on any atom is 0.127 e. The number of hydrogen-bond donors (Lipinski definition) is 2. The van der Waals surface area contributed by atoms with Crippen molar-refractivity contribution < 1.29 is 10.2 Å². The molecular formula is C34H32N2O2.